The highest BCUT2D eigenvalue weighted by Gasteiger charge is 2.27. The van der Waals surface area contributed by atoms with Crippen molar-refractivity contribution in [2.75, 3.05) is 25.1 Å². The lowest BCUT2D eigenvalue weighted by molar-refractivity contribution is 0.0693. The predicted octanol–water partition coefficient (Wildman–Crippen LogP) is 2.66. The van der Waals surface area contributed by atoms with Crippen molar-refractivity contribution >= 4 is 15.7 Å². The first-order valence-corrected chi connectivity index (χ1v) is 9.28. The largest absolute Gasteiger partial charge is 0.339 e. The summed E-state index contributed by atoms with van der Waals surface area (Å²) in [5, 5.41) is 0. The topological polar surface area (TPSA) is 54.5 Å². The van der Waals surface area contributed by atoms with Gasteiger partial charge in [0.15, 0.2) is 0 Å². The van der Waals surface area contributed by atoms with E-state index in [1.165, 1.54) is 4.90 Å². The van der Waals surface area contributed by atoms with E-state index < -0.39 is 33.6 Å². The van der Waals surface area contributed by atoms with Crippen molar-refractivity contribution in [3.63, 3.8) is 0 Å². The van der Waals surface area contributed by atoms with Gasteiger partial charge in [-0.2, -0.15) is 0 Å². The quantitative estimate of drug-likeness (QED) is 0.840. The molecule has 1 aromatic carbocycles. The minimum atomic E-state index is -3.08. The molecule has 8 heteroatoms. The number of piperidine rings is 1. The summed E-state index contributed by atoms with van der Waals surface area (Å²) < 4.78 is 61.7. The molecule has 0 N–H and O–H groups in total. The van der Waals surface area contributed by atoms with Gasteiger partial charge in [-0.15, -0.1) is 0 Å². The second-order valence-corrected chi connectivity index (χ2v) is 8.05. The Kier molecular flexibility index (Phi) is 5.33. The van der Waals surface area contributed by atoms with Crippen LogP contribution in [0.2, 0.25) is 0 Å². The van der Waals surface area contributed by atoms with Gasteiger partial charge in [-0.3, -0.25) is 4.79 Å². The van der Waals surface area contributed by atoms with Crippen LogP contribution in [-0.2, 0) is 9.84 Å². The summed E-state index contributed by atoms with van der Waals surface area (Å²) in [6.07, 6.45) is -0.623. The third kappa shape index (κ3) is 4.70. The minimum Gasteiger partial charge on any atom is -0.339 e. The van der Waals surface area contributed by atoms with Crippen LogP contribution in [0.4, 0.5) is 13.2 Å². The maximum absolute atomic E-state index is 13.8. The number of nitrogens with zero attached hydrogens (tertiary/aromatic N) is 1. The summed E-state index contributed by atoms with van der Waals surface area (Å²) in [5.41, 5.74) is -0.772. The van der Waals surface area contributed by atoms with Crippen LogP contribution in [0.5, 0.6) is 0 Å². The van der Waals surface area contributed by atoms with E-state index in [1.54, 1.807) is 0 Å². The van der Waals surface area contributed by atoms with Gasteiger partial charge in [0.25, 0.3) is 12.3 Å². The van der Waals surface area contributed by atoms with Gasteiger partial charge in [-0.25, -0.2) is 21.6 Å². The molecule has 1 aliphatic rings. The van der Waals surface area contributed by atoms with E-state index in [0.717, 1.165) is 24.5 Å². The molecule has 0 saturated carbocycles. The Labute approximate surface area is 133 Å². The fraction of sp³-hybridized carbons (Fsp3) is 0.533. The van der Waals surface area contributed by atoms with Crippen molar-refractivity contribution in [2.45, 2.75) is 19.3 Å². The van der Waals surface area contributed by atoms with Gasteiger partial charge in [0.2, 0.25) is 0 Å². The van der Waals surface area contributed by atoms with E-state index in [0.29, 0.717) is 12.8 Å². The third-order valence-corrected chi connectivity index (χ3v) is 4.99. The second-order valence-electron chi connectivity index (χ2n) is 5.87. The van der Waals surface area contributed by atoms with Crippen LogP contribution in [0.25, 0.3) is 0 Å². The molecule has 23 heavy (non-hydrogen) atoms. The van der Waals surface area contributed by atoms with Crippen LogP contribution < -0.4 is 0 Å². The number of likely N-dealkylation sites (tertiary alicyclic amines) is 1. The number of carbonyl (C=O) groups excluding carboxylic acids is 1. The van der Waals surface area contributed by atoms with Crippen molar-refractivity contribution in [2.24, 2.45) is 5.92 Å². The van der Waals surface area contributed by atoms with Gasteiger partial charge < -0.3 is 4.90 Å². The number of carbonyl (C=O) groups is 1. The number of hydrogen-bond acceptors (Lipinski definition) is 3. The number of halogens is 3. The average Bonchev–Trinajstić information content (AvgIpc) is 2.46. The normalized spacial score (nSPS) is 16.8. The highest BCUT2D eigenvalue weighted by atomic mass is 32.2. The van der Waals surface area contributed by atoms with E-state index in [4.69, 9.17) is 0 Å². The van der Waals surface area contributed by atoms with Gasteiger partial charge >= 0.3 is 0 Å². The van der Waals surface area contributed by atoms with Gasteiger partial charge in [0.05, 0.1) is 11.3 Å². The molecule has 0 spiro atoms. The summed E-state index contributed by atoms with van der Waals surface area (Å²) in [4.78, 5) is 13.7. The highest BCUT2D eigenvalue weighted by molar-refractivity contribution is 7.90. The predicted molar refractivity (Wildman–Crippen MR) is 79.7 cm³/mol. The van der Waals surface area contributed by atoms with Crippen LogP contribution in [0.15, 0.2) is 18.2 Å². The molecule has 2 rings (SSSR count). The Morgan fingerprint density at radius 2 is 1.91 bits per heavy atom. The lowest BCUT2D eigenvalue weighted by Gasteiger charge is -2.31. The number of sulfone groups is 1. The highest BCUT2D eigenvalue weighted by Crippen LogP contribution is 2.24. The first kappa shape index (κ1) is 17.8. The SMILES string of the molecule is CS(=O)(=O)CC1CCN(C(=O)c2cc(C(F)F)ccc2F)CC1. The number of rotatable bonds is 4. The first-order valence-electron chi connectivity index (χ1n) is 7.22. The second kappa shape index (κ2) is 6.90. The maximum atomic E-state index is 13.8. The van der Waals surface area contributed by atoms with Crippen molar-refractivity contribution in [3.05, 3.63) is 35.1 Å². The molecule has 1 aromatic rings. The first-order chi connectivity index (χ1) is 10.7. The number of hydrogen-bond donors (Lipinski definition) is 0. The van der Waals surface area contributed by atoms with Crippen LogP contribution >= 0.6 is 0 Å². The lowest BCUT2D eigenvalue weighted by Crippen LogP contribution is -2.40. The summed E-state index contributed by atoms with van der Waals surface area (Å²) in [5.74, 6) is -1.45. The average molecular weight is 349 g/mol. The molecule has 4 nitrogen and oxygen atoms in total. The molecule has 0 bridgehead atoms. The van der Waals surface area contributed by atoms with E-state index in [-0.39, 0.29) is 30.3 Å². The Bertz CT molecular complexity index is 683. The van der Waals surface area contributed by atoms with E-state index >= 15 is 0 Å². The van der Waals surface area contributed by atoms with E-state index in [1.807, 2.05) is 0 Å². The molecule has 0 unspecified atom stereocenters. The Morgan fingerprint density at radius 1 is 1.30 bits per heavy atom. The zero-order chi connectivity index (χ0) is 17.2. The van der Waals surface area contributed by atoms with Gasteiger partial charge in [0.1, 0.15) is 15.7 Å². The third-order valence-electron chi connectivity index (χ3n) is 3.91. The molecule has 1 heterocycles. The summed E-state index contributed by atoms with van der Waals surface area (Å²) in [6.45, 7) is 0.578. The summed E-state index contributed by atoms with van der Waals surface area (Å²) >= 11 is 0. The van der Waals surface area contributed by atoms with Crippen molar-refractivity contribution in [3.8, 4) is 0 Å². The number of benzene rings is 1. The number of amides is 1. The maximum Gasteiger partial charge on any atom is 0.263 e. The molecule has 0 aromatic heterocycles. The fourth-order valence-electron chi connectivity index (χ4n) is 2.74. The molecule has 1 aliphatic heterocycles. The Balaban J connectivity index is 2.07. The van der Waals surface area contributed by atoms with Gasteiger partial charge in [-0.05, 0) is 30.9 Å². The molecule has 128 valence electrons. The molecule has 1 fully saturated rings. The van der Waals surface area contributed by atoms with Gasteiger partial charge in [-0.1, -0.05) is 6.07 Å². The van der Waals surface area contributed by atoms with Crippen molar-refractivity contribution < 1.29 is 26.4 Å². The Morgan fingerprint density at radius 3 is 2.43 bits per heavy atom. The van der Waals surface area contributed by atoms with Crippen LogP contribution in [-0.4, -0.2) is 44.3 Å². The molecule has 0 aliphatic carbocycles. The summed E-state index contributed by atoms with van der Waals surface area (Å²) in [6, 6.07) is 2.70. The van der Waals surface area contributed by atoms with Crippen LogP contribution in [0.3, 0.4) is 0 Å². The van der Waals surface area contributed by atoms with E-state index in [2.05, 4.69) is 0 Å². The zero-order valence-corrected chi connectivity index (χ0v) is 13.5. The smallest absolute Gasteiger partial charge is 0.263 e. The monoisotopic (exact) mass is 349 g/mol. The minimum absolute atomic E-state index is 0.0358. The van der Waals surface area contributed by atoms with Crippen molar-refractivity contribution in [1.29, 1.82) is 0 Å². The molecule has 1 amide bonds. The summed E-state index contributed by atoms with van der Waals surface area (Å²) in [7, 11) is -3.08. The molecular weight excluding hydrogens is 331 g/mol. The van der Waals surface area contributed by atoms with Crippen LogP contribution in [0.1, 0.15) is 35.2 Å². The standard InChI is InChI=1S/C15H18F3NO3S/c1-23(21,22)9-10-4-6-19(7-5-10)15(20)12-8-11(14(17)18)2-3-13(12)16/h2-3,8,10,14H,4-7,9H2,1H3. The van der Waals surface area contributed by atoms with Crippen molar-refractivity contribution in [1.82, 2.24) is 4.90 Å². The van der Waals surface area contributed by atoms with Crippen LogP contribution in [0, 0.1) is 11.7 Å². The lowest BCUT2D eigenvalue weighted by atomic mass is 9.98. The molecule has 0 atom stereocenters. The van der Waals surface area contributed by atoms with Gasteiger partial charge in [0, 0.05) is 24.9 Å². The fourth-order valence-corrected chi connectivity index (χ4v) is 3.93. The number of alkyl halides is 2. The molecule has 1 saturated heterocycles. The zero-order valence-electron chi connectivity index (χ0n) is 12.6. The Hall–Kier alpha value is -1.57. The van der Waals surface area contributed by atoms with E-state index in [9.17, 15) is 26.4 Å². The molecular formula is C15H18F3NO3S. The molecule has 0 radical (unpaired) electrons.